The highest BCUT2D eigenvalue weighted by molar-refractivity contribution is 7.77. The summed E-state index contributed by atoms with van der Waals surface area (Å²) >= 11 is 4.35. The number of nitrogens with one attached hydrogen (secondary N) is 1. The number of rotatable bonds is 5. The molecule has 0 spiro atoms. The standard InChI is InChI=1S/C15H13ClFN3O3S/c16-15(7-6-12(11(17)8-15)20-24(21)22)13(14-18-9-23-19-14)10-4-2-1-3-5-10/h1-7,9,13,20H,8H2,(H,21,22). The van der Waals surface area contributed by atoms with Crippen LogP contribution >= 0.6 is 11.6 Å². The third-order valence-electron chi connectivity index (χ3n) is 3.69. The monoisotopic (exact) mass is 369 g/mol. The van der Waals surface area contributed by atoms with E-state index in [1.54, 1.807) is 6.08 Å². The highest BCUT2D eigenvalue weighted by Crippen LogP contribution is 2.46. The van der Waals surface area contributed by atoms with E-state index in [0.717, 1.165) is 5.56 Å². The lowest BCUT2D eigenvalue weighted by Crippen LogP contribution is -2.33. The molecule has 0 saturated heterocycles. The second-order valence-electron chi connectivity index (χ2n) is 5.24. The summed E-state index contributed by atoms with van der Waals surface area (Å²) in [5.41, 5.74) is 0.723. The molecule has 3 unspecified atom stereocenters. The lowest BCUT2D eigenvalue weighted by Gasteiger charge is -2.33. The van der Waals surface area contributed by atoms with Crippen LogP contribution < -0.4 is 4.72 Å². The largest absolute Gasteiger partial charge is 0.343 e. The molecule has 2 N–H and O–H groups in total. The molecule has 1 aromatic carbocycles. The highest BCUT2D eigenvalue weighted by atomic mass is 35.5. The van der Waals surface area contributed by atoms with E-state index in [0.29, 0.717) is 5.82 Å². The van der Waals surface area contributed by atoms with E-state index in [9.17, 15) is 8.60 Å². The smallest absolute Gasteiger partial charge is 0.259 e. The molecular formula is C15H13ClFN3O3S. The molecule has 6 nitrogen and oxygen atoms in total. The molecule has 0 fully saturated rings. The zero-order valence-corrected chi connectivity index (χ0v) is 13.8. The average molecular weight is 370 g/mol. The SMILES string of the molecule is O=S(O)NC1=C(F)CC(Cl)(C(c2ccccc2)c2ncon2)C=C1. The van der Waals surface area contributed by atoms with E-state index in [1.807, 2.05) is 30.3 Å². The van der Waals surface area contributed by atoms with Crippen molar-refractivity contribution in [3.05, 3.63) is 71.8 Å². The second kappa shape index (κ2) is 6.84. The van der Waals surface area contributed by atoms with Crippen molar-refractivity contribution in [2.24, 2.45) is 0 Å². The van der Waals surface area contributed by atoms with Crippen LogP contribution in [0, 0.1) is 0 Å². The molecule has 1 aromatic heterocycles. The third-order valence-corrected chi connectivity index (χ3v) is 4.56. The van der Waals surface area contributed by atoms with Gasteiger partial charge in [-0.05, 0) is 11.6 Å². The van der Waals surface area contributed by atoms with Crippen molar-refractivity contribution in [3.8, 4) is 0 Å². The zero-order valence-electron chi connectivity index (χ0n) is 12.2. The maximum atomic E-state index is 14.4. The molecule has 0 aliphatic heterocycles. The topological polar surface area (TPSA) is 88.2 Å². The fourth-order valence-corrected chi connectivity index (χ4v) is 3.45. The van der Waals surface area contributed by atoms with Crippen LogP contribution in [-0.2, 0) is 11.3 Å². The Labute approximate surface area is 144 Å². The Morgan fingerprint density at radius 1 is 1.42 bits per heavy atom. The van der Waals surface area contributed by atoms with Gasteiger partial charge in [-0.2, -0.15) is 4.98 Å². The number of aromatic nitrogens is 2. The summed E-state index contributed by atoms with van der Waals surface area (Å²) in [5.74, 6) is -0.850. The number of allylic oxidation sites excluding steroid dienone is 3. The highest BCUT2D eigenvalue weighted by Gasteiger charge is 2.42. The van der Waals surface area contributed by atoms with Gasteiger partial charge >= 0.3 is 0 Å². The van der Waals surface area contributed by atoms with Gasteiger partial charge < -0.3 is 4.52 Å². The lowest BCUT2D eigenvalue weighted by atomic mass is 9.80. The summed E-state index contributed by atoms with van der Waals surface area (Å²) in [7, 11) is 0. The molecule has 24 heavy (non-hydrogen) atoms. The minimum absolute atomic E-state index is 0.0768. The average Bonchev–Trinajstić information content (AvgIpc) is 3.05. The molecule has 1 heterocycles. The first-order valence-corrected chi connectivity index (χ1v) is 8.43. The molecule has 0 radical (unpaired) electrons. The quantitative estimate of drug-likeness (QED) is 0.624. The summed E-state index contributed by atoms with van der Waals surface area (Å²) in [6, 6.07) is 9.22. The van der Waals surface area contributed by atoms with Gasteiger partial charge in [0.15, 0.2) is 5.82 Å². The molecule has 3 atom stereocenters. The van der Waals surface area contributed by atoms with Crippen molar-refractivity contribution >= 4 is 22.9 Å². The van der Waals surface area contributed by atoms with Gasteiger partial charge in [0.2, 0.25) is 6.39 Å². The number of hydrogen-bond acceptors (Lipinski definition) is 4. The second-order valence-corrected chi connectivity index (χ2v) is 6.65. The van der Waals surface area contributed by atoms with Gasteiger partial charge in [0.05, 0.1) is 16.5 Å². The number of hydrogen-bond donors (Lipinski definition) is 2. The molecule has 1 aliphatic rings. The lowest BCUT2D eigenvalue weighted by molar-refractivity contribution is 0.399. The molecule has 1 aliphatic carbocycles. The van der Waals surface area contributed by atoms with Crippen molar-refractivity contribution < 1.29 is 17.7 Å². The Balaban J connectivity index is 1.99. The molecule has 0 saturated carbocycles. The van der Waals surface area contributed by atoms with Gasteiger partial charge in [0.25, 0.3) is 11.3 Å². The first-order valence-electron chi connectivity index (χ1n) is 6.95. The maximum absolute atomic E-state index is 14.4. The van der Waals surface area contributed by atoms with Gasteiger partial charge in [-0.15, -0.1) is 11.6 Å². The molecular weight excluding hydrogens is 357 g/mol. The first kappa shape index (κ1) is 16.8. The van der Waals surface area contributed by atoms with Crippen molar-refractivity contribution in [3.63, 3.8) is 0 Å². The molecule has 0 amide bonds. The van der Waals surface area contributed by atoms with Crippen LogP contribution in [0.5, 0.6) is 0 Å². The normalized spacial score (nSPS) is 23.1. The van der Waals surface area contributed by atoms with Crippen molar-refractivity contribution in [1.29, 1.82) is 0 Å². The number of nitrogens with zero attached hydrogens (tertiary/aromatic N) is 2. The number of halogens is 2. The minimum Gasteiger partial charge on any atom is -0.343 e. The van der Waals surface area contributed by atoms with E-state index in [2.05, 4.69) is 14.9 Å². The van der Waals surface area contributed by atoms with Gasteiger partial charge in [-0.25, -0.2) is 8.60 Å². The van der Waals surface area contributed by atoms with Crippen LogP contribution in [0.1, 0.15) is 23.7 Å². The van der Waals surface area contributed by atoms with E-state index >= 15 is 0 Å². The van der Waals surface area contributed by atoms with Crippen LogP contribution in [0.4, 0.5) is 4.39 Å². The van der Waals surface area contributed by atoms with E-state index in [4.69, 9.17) is 20.7 Å². The summed E-state index contributed by atoms with van der Waals surface area (Å²) in [6.07, 6.45) is 3.90. The molecule has 0 bridgehead atoms. The first-order chi connectivity index (χ1) is 11.5. The van der Waals surface area contributed by atoms with Crippen molar-refractivity contribution in [1.82, 2.24) is 14.9 Å². The fourth-order valence-electron chi connectivity index (χ4n) is 2.68. The predicted octanol–water partition coefficient (Wildman–Crippen LogP) is 3.05. The summed E-state index contributed by atoms with van der Waals surface area (Å²) in [5, 5.41) is 3.86. The Morgan fingerprint density at radius 3 is 2.75 bits per heavy atom. The number of alkyl halides is 1. The Bertz CT molecular complexity index is 798. The predicted molar refractivity (Wildman–Crippen MR) is 87.0 cm³/mol. The third kappa shape index (κ3) is 3.40. The van der Waals surface area contributed by atoms with E-state index in [1.165, 1.54) is 12.5 Å². The zero-order chi connectivity index (χ0) is 17.2. The van der Waals surface area contributed by atoms with Crippen LogP contribution in [0.15, 0.2) is 64.9 Å². The Hall–Kier alpha value is -2.03. The van der Waals surface area contributed by atoms with E-state index < -0.39 is 27.9 Å². The van der Waals surface area contributed by atoms with Crippen LogP contribution in [0.25, 0.3) is 0 Å². The molecule has 9 heteroatoms. The fraction of sp³-hybridized carbons (Fsp3) is 0.200. The Morgan fingerprint density at radius 2 is 2.17 bits per heavy atom. The van der Waals surface area contributed by atoms with Crippen LogP contribution in [0.2, 0.25) is 0 Å². The van der Waals surface area contributed by atoms with Crippen LogP contribution in [-0.4, -0.2) is 23.8 Å². The molecule has 126 valence electrons. The number of benzene rings is 1. The summed E-state index contributed by atoms with van der Waals surface area (Å²) < 4.78 is 41.0. The van der Waals surface area contributed by atoms with Gasteiger partial charge in [0.1, 0.15) is 5.83 Å². The van der Waals surface area contributed by atoms with Crippen LogP contribution in [0.3, 0.4) is 0 Å². The van der Waals surface area contributed by atoms with E-state index in [-0.39, 0.29) is 12.1 Å². The molecule has 2 aromatic rings. The Kier molecular flexibility index (Phi) is 4.79. The van der Waals surface area contributed by atoms with Gasteiger partial charge in [-0.3, -0.25) is 9.27 Å². The summed E-state index contributed by atoms with van der Waals surface area (Å²) in [4.78, 5) is 2.88. The van der Waals surface area contributed by atoms with Crippen molar-refractivity contribution in [2.75, 3.05) is 0 Å². The minimum atomic E-state index is -2.37. The maximum Gasteiger partial charge on any atom is 0.259 e. The van der Waals surface area contributed by atoms with Crippen molar-refractivity contribution in [2.45, 2.75) is 17.2 Å². The molecule has 3 rings (SSSR count). The van der Waals surface area contributed by atoms with Gasteiger partial charge in [0, 0.05) is 6.42 Å². The summed E-state index contributed by atoms with van der Waals surface area (Å²) in [6.45, 7) is 0. The van der Waals surface area contributed by atoms with Gasteiger partial charge in [-0.1, -0.05) is 41.6 Å².